The van der Waals surface area contributed by atoms with Gasteiger partial charge in [0.25, 0.3) is 11.6 Å². The molecule has 2 aromatic rings. The van der Waals surface area contributed by atoms with Crippen LogP contribution in [0.15, 0.2) is 45.9 Å². The summed E-state index contributed by atoms with van der Waals surface area (Å²) in [7, 11) is 0. The lowest BCUT2D eigenvalue weighted by molar-refractivity contribution is -0.385. The molecule has 110 valence electrons. The molecule has 1 atom stereocenters. The third-order valence-electron chi connectivity index (χ3n) is 2.96. The Labute approximate surface area is 125 Å². The van der Waals surface area contributed by atoms with Crippen LogP contribution < -0.4 is 5.32 Å². The molecule has 0 saturated heterocycles. The number of hydrogen-bond acceptors (Lipinski definition) is 5. The van der Waals surface area contributed by atoms with Gasteiger partial charge in [0.05, 0.1) is 17.2 Å². The Morgan fingerprint density at radius 3 is 2.76 bits per heavy atom. The van der Waals surface area contributed by atoms with E-state index in [1.165, 1.54) is 30.2 Å². The van der Waals surface area contributed by atoms with E-state index >= 15 is 0 Å². The van der Waals surface area contributed by atoms with Gasteiger partial charge in [-0.25, -0.2) is 0 Å². The molecule has 21 heavy (non-hydrogen) atoms. The zero-order chi connectivity index (χ0) is 15.4. The van der Waals surface area contributed by atoms with Gasteiger partial charge in [0.2, 0.25) is 0 Å². The van der Waals surface area contributed by atoms with Crippen LogP contribution in [-0.2, 0) is 0 Å². The lowest BCUT2D eigenvalue weighted by atomic mass is 10.1. The molecular weight excluding hydrogens is 292 g/mol. The molecule has 0 unspecified atom stereocenters. The molecular formula is C14H14N2O4S. The smallest absolute Gasteiger partial charge is 0.282 e. The fourth-order valence-corrected chi connectivity index (χ4v) is 2.31. The van der Waals surface area contributed by atoms with E-state index in [2.05, 4.69) is 5.32 Å². The minimum absolute atomic E-state index is 0.0465. The maximum atomic E-state index is 12.3. The normalized spacial score (nSPS) is 11.9. The van der Waals surface area contributed by atoms with Crippen molar-refractivity contribution in [1.29, 1.82) is 0 Å². The highest BCUT2D eigenvalue weighted by Gasteiger charge is 2.22. The maximum absolute atomic E-state index is 12.3. The summed E-state index contributed by atoms with van der Waals surface area (Å²) in [4.78, 5) is 23.5. The molecule has 0 fully saturated rings. The molecule has 0 radical (unpaired) electrons. The van der Waals surface area contributed by atoms with Gasteiger partial charge >= 0.3 is 0 Å². The molecule has 2 rings (SSSR count). The Balaban J connectivity index is 2.27. The Morgan fingerprint density at radius 2 is 2.19 bits per heavy atom. The molecule has 1 heterocycles. The van der Waals surface area contributed by atoms with E-state index < -0.39 is 10.8 Å². The van der Waals surface area contributed by atoms with Gasteiger partial charge < -0.3 is 9.73 Å². The van der Waals surface area contributed by atoms with Crippen molar-refractivity contribution >= 4 is 23.4 Å². The van der Waals surface area contributed by atoms with Crippen LogP contribution in [0.3, 0.4) is 0 Å². The van der Waals surface area contributed by atoms with Crippen molar-refractivity contribution in [3.05, 3.63) is 58.0 Å². The van der Waals surface area contributed by atoms with Gasteiger partial charge in [-0.15, -0.1) is 11.8 Å². The van der Waals surface area contributed by atoms with E-state index in [9.17, 15) is 14.9 Å². The van der Waals surface area contributed by atoms with Crippen LogP contribution in [0.25, 0.3) is 0 Å². The first-order chi connectivity index (χ1) is 10.0. The molecule has 1 N–H and O–H groups in total. The lowest BCUT2D eigenvalue weighted by Crippen LogP contribution is -2.27. The first-order valence-corrected chi connectivity index (χ1v) is 7.42. The predicted octanol–water partition coefficient (Wildman–Crippen LogP) is 3.40. The number of rotatable bonds is 5. The second kappa shape index (κ2) is 6.45. The fraction of sp³-hybridized carbons (Fsp3) is 0.214. The zero-order valence-corrected chi connectivity index (χ0v) is 12.3. The van der Waals surface area contributed by atoms with Crippen molar-refractivity contribution in [2.45, 2.75) is 17.9 Å². The summed E-state index contributed by atoms with van der Waals surface area (Å²) >= 11 is 1.42. The minimum Gasteiger partial charge on any atom is -0.467 e. The first kappa shape index (κ1) is 15.1. The summed E-state index contributed by atoms with van der Waals surface area (Å²) in [6.45, 7) is 1.75. The number of benzene rings is 1. The molecule has 0 saturated carbocycles. The highest BCUT2D eigenvalue weighted by Crippen LogP contribution is 2.25. The van der Waals surface area contributed by atoms with Crippen LogP contribution in [0.2, 0.25) is 0 Å². The van der Waals surface area contributed by atoms with Gasteiger partial charge in [-0.3, -0.25) is 14.9 Å². The largest absolute Gasteiger partial charge is 0.467 e. The van der Waals surface area contributed by atoms with Gasteiger partial charge in [0, 0.05) is 11.0 Å². The van der Waals surface area contributed by atoms with Crippen LogP contribution in [-0.4, -0.2) is 17.1 Å². The van der Waals surface area contributed by atoms with Gasteiger partial charge in [-0.1, -0.05) is 0 Å². The molecule has 1 aromatic carbocycles. The molecule has 0 aliphatic rings. The molecule has 7 heteroatoms. The van der Waals surface area contributed by atoms with E-state index in [1.54, 1.807) is 25.1 Å². The maximum Gasteiger partial charge on any atom is 0.282 e. The Kier molecular flexibility index (Phi) is 4.64. The van der Waals surface area contributed by atoms with Crippen LogP contribution >= 0.6 is 11.8 Å². The van der Waals surface area contributed by atoms with E-state index in [-0.39, 0.29) is 17.3 Å². The van der Waals surface area contributed by atoms with E-state index in [0.29, 0.717) is 5.76 Å². The number of nitrogens with zero attached hydrogens (tertiary/aromatic N) is 1. The van der Waals surface area contributed by atoms with Crippen molar-refractivity contribution in [1.82, 2.24) is 5.32 Å². The Bertz CT molecular complexity index is 655. The second-order valence-electron chi connectivity index (χ2n) is 4.35. The fourth-order valence-electron chi connectivity index (χ4n) is 1.87. The van der Waals surface area contributed by atoms with E-state index in [4.69, 9.17) is 4.42 Å². The summed E-state index contributed by atoms with van der Waals surface area (Å²) in [6.07, 6.45) is 3.35. The van der Waals surface area contributed by atoms with Crippen molar-refractivity contribution in [2.75, 3.05) is 6.26 Å². The molecule has 0 aliphatic carbocycles. The van der Waals surface area contributed by atoms with Crippen molar-refractivity contribution < 1.29 is 14.1 Å². The standard InChI is InChI=1S/C14H14N2O4S/c1-9(13-4-3-7-20-13)15-14(17)11-8-10(21-2)5-6-12(11)16(18)19/h3-9H,1-2H3,(H,15,17)/t9-/m1/s1. The number of hydrogen-bond donors (Lipinski definition) is 1. The first-order valence-electron chi connectivity index (χ1n) is 6.19. The number of amides is 1. The van der Waals surface area contributed by atoms with Gasteiger partial charge in [-0.2, -0.15) is 0 Å². The average molecular weight is 306 g/mol. The zero-order valence-electron chi connectivity index (χ0n) is 11.5. The summed E-state index contributed by atoms with van der Waals surface area (Å²) in [5.41, 5.74) is -0.165. The second-order valence-corrected chi connectivity index (χ2v) is 5.23. The Morgan fingerprint density at radius 1 is 1.43 bits per heavy atom. The van der Waals surface area contributed by atoms with Crippen LogP contribution in [0.5, 0.6) is 0 Å². The molecule has 1 aromatic heterocycles. The number of nitro benzene ring substituents is 1. The van der Waals surface area contributed by atoms with E-state index in [0.717, 1.165) is 4.90 Å². The summed E-state index contributed by atoms with van der Waals surface area (Å²) in [5.74, 6) is 0.0912. The topological polar surface area (TPSA) is 85.4 Å². The highest BCUT2D eigenvalue weighted by molar-refractivity contribution is 7.98. The number of carbonyl (C=O) groups is 1. The number of nitrogens with one attached hydrogen (secondary N) is 1. The van der Waals surface area contributed by atoms with Crippen molar-refractivity contribution in [3.63, 3.8) is 0 Å². The third-order valence-corrected chi connectivity index (χ3v) is 3.69. The number of carbonyl (C=O) groups excluding carboxylic acids is 1. The molecule has 0 aliphatic heterocycles. The third kappa shape index (κ3) is 3.43. The molecule has 6 nitrogen and oxygen atoms in total. The molecule has 0 spiro atoms. The average Bonchev–Trinajstić information content (AvgIpc) is 3.00. The van der Waals surface area contributed by atoms with Crippen LogP contribution in [0, 0.1) is 10.1 Å². The lowest BCUT2D eigenvalue weighted by Gasteiger charge is -2.12. The van der Waals surface area contributed by atoms with Gasteiger partial charge in [0.15, 0.2) is 0 Å². The molecule has 1 amide bonds. The van der Waals surface area contributed by atoms with E-state index in [1.807, 2.05) is 6.26 Å². The van der Waals surface area contributed by atoms with Crippen molar-refractivity contribution in [2.24, 2.45) is 0 Å². The van der Waals surface area contributed by atoms with Gasteiger partial charge in [-0.05, 0) is 37.4 Å². The quantitative estimate of drug-likeness (QED) is 0.520. The number of thioether (sulfide) groups is 1. The van der Waals surface area contributed by atoms with Crippen LogP contribution in [0.1, 0.15) is 29.1 Å². The Hall–Kier alpha value is -2.28. The van der Waals surface area contributed by atoms with Crippen molar-refractivity contribution in [3.8, 4) is 0 Å². The van der Waals surface area contributed by atoms with Crippen LogP contribution in [0.4, 0.5) is 5.69 Å². The summed E-state index contributed by atoms with van der Waals surface area (Å²) < 4.78 is 5.20. The predicted molar refractivity (Wildman–Crippen MR) is 79.5 cm³/mol. The highest BCUT2D eigenvalue weighted by atomic mass is 32.2. The monoisotopic (exact) mass is 306 g/mol. The summed E-state index contributed by atoms with van der Waals surface area (Å²) in [5, 5.41) is 13.7. The molecule has 0 bridgehead atoms. The minimum atomic E-state index is -0.559. The van der Waals surface area contributed by atoms with Gasteiger partial charge in [0.1, 0.15) is 11.3 Å². The number of furan rings is 1. The number of nitro groups is 1. The SMILES string of the molecule is CSc1ccc([N+](=O)[O-])c(C(=O)N[C@H](C)c2ccco2)c1. The summed E-state index contributed by atoms with van der Waals surface area (Å²) in [6, 6.07) is 7.57.